The molecule has 1 atom stereocenters. The van der Waals surface area contributed by atoms with Gasteiger partial charge in [-0.15, -0.1) is 24.8 Å². The number of hydrogen-bond acceptors (Lipinski definition) is 3. The second-order valence-electron chi connectivity index (χ2n) is 2.89. The molecule has 0 aromatic carbocycles. The number of nitrogens with two attached hydrogens (primary N) is 1. The standard InChI is InChI=1S/C7H16N2O.2ClH/c1-7(8)6-9-2-4-10-5-3-9;;/h7H,2-6,8H2,1H3;2*1H/t7-;;/m0../s1. The van der Waals surface area contributed by atoms with Gasteiger partial charge in [0, 0.05) is 25.7 Å². The highest BCUT2D eigenvalue weighted by Gasteiger charge is 2.10. The molecular formula is C7H18Cl2N2O. The molecule has 1 aliphatic heterocycles. The molecule has 0 saturated carbocycles. The summed E-state index contributed by atoms with van der Waals surface area (Å²) in [4.78, 5) is 2.34. The Morgan fingerprint density at radius 2 is 1.83 bits per heavy atom. The second kappa shape index (κ2) is 8.08. The zero-order valence-electron chi connectivity index (χ0n) is 7.36. The Bertz CT molecular complexity index is 97.4. The molecule has 0 amide bonds. The SMILES string of the molecule is C[C@H](N)CN1CCOCC1.Cl.Cl. The number of morpholine rings is 1. The molecule has 2 N–H and O–H groups in total. The maximum absolute atomic E-state index is 5.64. The Hall–Kier alpha value is 0.460. The fraction of sp³-hybridized carbons (Fsp3) is 1.00. The molecule has 1 saturated heterocycles. The van der Waals surface area contributed by atoms with Crippen LogP contribution in [-0.2, 0) is 4.74 Å². The van der Waals surface area contributed by atoms with E-state index in [9.17, 15) is 0 Å². The van der Waals surface area contributed by atoms with Gasteiger partial charge in [0.2, 0.25) is 0 Å². The molecule has 1 fully saturated rings. The van der Waals surface area contributed by atoms with Crippen LogP contribution in [0.5, 0.6) is 0 Å². The minimum absolute atomic E-state index is 0. The van der Waals surface area contributed by atoms with Gasteiger partial charge in [0.05, 0.1) is 13.2 Å². The van der Waals surface area contributed by atoms with Crippen molar-refractivity contribution in [1.29, 1.82) is 0 Å². The van der Waals surface area contributed by atoms with Crippen molar-refractivity contribution in [3.63, 3.8) is 0 Å². The molecule has 0 aromatic rings. The van der Waals surface area contributed by atoms with Crippen LogP contribution in [0.4, 0.5) is 0 Å². The van der Waals surface area contributed by atoms with Gasteiger partial charge in [-0.05, 0) is 6.92 Å². The molecule has 0 bridgehead atoms. The van der Waals surface area contributed by atoms with Gasteiger partial charge < -0.3 is 10.5 Å². The summed E-state index contributed by atoms with van der Waals surface area (Å²) >= 11 is 0. The zero-order valence-corrected chi connectivity index (χ0v) is 9.00. The van der Waals surface area contributed by atoms with Crippen molar-refractivity contribution in [2.24, 2.45) is 5.73 Å². The van der Waals surface area contributed by atoms with Gasteiger partial charge in [-0.25, -0.2) is 0 Å². The van der Waals surface area contributed by atoms with Crippen LogP contribution in [0.15, 0.2) is 0 Å². The minimum atomic E-state index is 0. The first-order chi connectivity index (χ1) is 4.79. The Morgan fingerprint density at radius 3 is 2.25 bits per heavy atom. The van der Waals surface area contributed by atoms with Gasteiger partial charge in [0.25, 0.3) is 0 Å². The van der Waals surface area contributed by atoms with Gasteiger partial charge in [0.15, 0.2) is 0 Å². The average Bonchev–Trinajstić information content (AvgIpc) is 1.88. The van der Waals surface area contributed by atoms with E-state index in [0.717, 1.165) is 32.8 Å². The first kappa shape index (κ1) is 15.0. The molecule has 0 aliphatic carbocycles. The number of nitrogens with zero attached hydrogens (tertiary/aromatic N) is 1. The van der Waals surface area contributed by atoms with Crippen LogP contribution in [0.1, 0.15) is 6.92 Å². The Balaban J connectivity index is 0. The van der Waals surface area contributed by atoms with Crippen LogP contribution in [0.25, 0.3) is 0 Å². The molecular weight excluding hydrogens is 199 g/mol. The van der Waals surface area contributed by atoms with E-state index in [1.165, 1.54) is 0 Å². The first-order valence-corrected chi connectivity index (χ1v) is 3.84. The smallest absolute Gasteiger partial charge is 0.0594 e. The van der Waals surface area contributed by atoms with Gasteiger partial charge in [-0.2, -0.15) is 0 Å². The summed E-state index contributed by atoms with van der Waals surface area (Å²) in [5, 5.41) is 0. The molecule has 0 unspecified atom stereocenters. The maximum atomic E-state index is 5.64. The van der Waals surface area contributed by atoms with Crippen LogP contribution in [0.3, 0.4) is 0 Å². The Kier molecular flexibility index (Phi) is 10.1. The largest absolute Gasteiger partial charge is 0.379 e. The van der Waals surface area contributed by atoms with E-state index >= 15 is 0 Å². The van der Waals surface area contributed by atoms with E-state index in [4.69, 9.17) is 10.5 Å². The molecule has 0 radical (unpaired) electrons. The van der Waals surface area contributed by atoms with Crippen molar-refractivity contribution >= 4 is 24.8 Å². The van der Waals surface area contributed by atoms with E-state index in [2.05, 4.69) is 4.90 Å². The van der Waals surface area contributed by atoms with Crippen molar-refractivity contribution < 1.29 is 4.74 Å². The first-order valence-electron chi connectivity index (χ1n) is 3.84. The van der Waals surface area contributed by atoms with Crippen LogP contribution in [-0.4, -0.2) is 43.8 Å². The summed E-state index contributed by atoms with van der Waals surface area (Å²) in [6.45, 7) is 6.86. The summed E-state index contributed by atoms with van der Waals surface area (Å²) < 4.78 is 5.20. The molecule has 0 spiro atoms. The van der Waals surface area contributed by atoms with Crippen molar-refractivity contribution in [3.8, 4) is 0 Å². The predicted molar refractivity (Wildman–Crippen MR) is 55.4 cm³/mol. The van der Waals surface area contributed by atoms with Crippen LogP contribution < -0.4 is 5.73 Å². The fourth-order valence-electron chi connectivity index (χ4n) is 1.19. The third-order valence-electron chi connectivity index (χ3n) is 1.65. The lowest BCUT2D eigenvalue weighted by Crippen LogP contribution is -2.42. The topological polar surface area (TPSA) is 38.5 Å². The van der Waals surface area contributed by atoms with Crippen molar-refractivity contribution in [2.45, 2.75) is 13.0 Å². The Labute approximate surface area is 86.4 Å². The van der Waals surface area contributed by atoms with E-state index in [-0.39, 0.29) is 30.9 Å². The lowest BCUT2D eigenvalue weighted by molar-refractivity contribution is 0.0360. The minimum Gasteiger partial charge on any atom is -0.379 e. The molecule has 76 valence electrons. The van der Waals surface area contributed by atoms with Crippen molar-refractivity contribution in [1.82, 2.24) is 4.90 Å². The third kappa shape index (κ3) is 6.03. The summed E-state index contributed by atoms with van der Waals surface area (Å²) in [5.74, 6) is 0. The zero-order chi connectivity index (χ0) is 7.40. The number of halogens is 2. The quantitative estimate of drug-likeness (QED) is 0.732. The summed E-state index contributed by atoms with van der Waals surface area (Å²) in [6.07, 6.45) is 0. The molecule has 12 heavy (non-hydrogen) atoms. The molecule has 1 heterocycles. The normalized spacial score (nSPS) is 20.5. The van der Waals surface area contributed by atoms with Crippen LogP contribution in [0.2, 0.25) is 0 Å². The second-order valence-corrected chi connectivity index (χ2v) is 2.89. The summed E-state index contributed by atoms with van der Waals surface area (Å²) in [6, 6.07) is 0.290. The van der Waals surface area contributed by atoms with Crippen molar-refractivity contribution in [2.75, 3.05) is 32.8 Å². The highest BCUT2D eigenvalue weighted by Crippen LogP contribution is 1.96. The van der Waals surface area contributed by atoms with E-state index in [0.29, 0.717) is 0 Å². The van der Waals surface area contributed by atoms with E-state index < -0.39 is 0 Å². The van der Waals surface area contributed by atoms with Gasteiger partial charge in [0.1, 0.15) is 0 Å². The van der Waals surface area contributed by atoms with Crippen LogP contribution in [0, 0.1) is 0 Å². The molecule has 1 aliphatic rings. The average molecular weight is 217 g/mol. The number of ether oxygens (including phenoxy) is 1. The molecule has 1 rings (SSSR count). The van der Waals surface area contributed by atoms with Crippen LogP contribution >= 0.6 is 24.8 Å². The fourth-order valence-corrected chi connectivity index (χ4v) is 1.19. The third-order valence-corrected chi connectivity index (χ3v) is 1.65. The molecule has 3 nitrogen and oxygen atoms in total. The predicted octanol–water partition coefficient (Wildman–Crippen LogP) is 0.509. The molecule has 0 aromatic heterocycles. The highest BCUT2D eigenvalue weighted by atomic mass is 35.5. The Morgan fingerprint density at radius 1 is 1.33 bits per heavy atom. The number of hydrogen-bond donors (Lipinski definition) is 1. The maximum Gasteiger partial charge on any atom is 0.0594 e. The van der Waals surface area contributed by atoms with E-state index in [1.54, 1.807) is 0 Å². The monoisotopic (exact) mass is 216 g/mol. The number of rotatable bonds is 2. The summed E-state index contributed by atoms with van der Waals surface area (Å²) in [7, 11) is 0. The van der Waals surface area contributed by atoms with Gasteiger partial charge in [-0.1, -0.05) is 0 Å². The summed E-state index contributed by atoms with van der Waals surface area (Å²) in [5.41, 5.74) is 5.64. The van der Waals surface area contributed by atoms with Crippen molar-refractivity contribution in [3.05, 3.63) is 0 Å². The highest BCUT2D eigenvalue weighted by molar-refractivity contribution is 5.85. The van der Waals surface area contributed by atoms with Gasteiger partial charge >= 0.3 is 0 Å². The molecule has 5 heteroatoms. The van der Waals surface area contributed by atoms with E-state index in [1.807, 2.05) is 6.92 Å². The van der Waals surface area contributed by atoms with Gasteiger partial charge in [-0.3, -0.25) is 4.90 Å². The lowest BCUT2D eigenvalue weighted by Gasteiger charge is -2.27. The lowest BCUT2D eigenvalue weighted by atomic mass is 10.3.